The Labute approximate surface area is 163 Å². The molecule has 6 nitrogen and oxygen atoms in total. The molecule has 142 valence electrons. The standard InChI is InChI=1S/C22H21N3O3/c1-14-4-3-5-15(2)21(14)25-20-11-17(8-9-23-20)22(26)24-12-16-6-7-18-19(10-16)28-13-27-18/h3-11H,12-13H2,1-2H3,(H,23,25)(H,24,26). The quantitative estimate of drug-likeness (QED) is 0.702. The van der Waals surface area contributed by atoms with Crippen LogP contribution in [0.5, 0.6) is 11.5 Å². The smallest absolute Gasteiger partial charge is 0.251 e. The van der Waals surface area contributed by atoms with Gasteiger partial charge in [0.25, 0.3) is 5.91 Å². The van der Waals surface area contributed by atoms with Crippen molar-refractivity contribution >= 4 is 17.4 Å². The van der Waals surface area contributed by atoms with E-state index in [1.807, 2.05) is 50.2 Å². The number of pyridine rings is 1. The lowest BCUT2D eigenvalue weighted by Gasteiger charge is -2.13. The minimum atomic E-state index is -0.162. The second kappa shape index (κ2) is 7.60. The van der Waals surface area contributed by atoms with Crippen LogP contribution < -0.4 is 20.1 Å². The van der Waals surface area contributed by atoms with Gasteiger partial charge in [0.2, 0.25) is 6.79 Å². The molecule has 0 bridgehead atoms. The molecule has 0 saturated carbocycles. The molecule has 0 spiro atoms. The number of aromatic nitrogens is 1. The first kappa shape index (κ1) is 17.9. The highest BCUT2D eigenvalue weighted by Crippen LogP contribution is 2.32. The predicted molar refractivity (Wildman–Crippen MR) is 107 cm³/mol. The van der Waals surface area contributed by atoms with Crippen LogP contribution in [-0.2, 0) is 6.54 Å². The molecule has 1 aliphatic heterocycles. The van der Waals surface area contributed by atoms with E-state index >= 15 is 0 Å². The third-order valence-electron chi connectivity index (χ3n) is 4.65. The highest BCUT2D eigenvalue weighted by molar-refractivity contribution is 5.94. The largest absolute Gasteiger partial charge is 0.454 e. The van der Waals surface area contributed by atoms with Gasteiger partial charge < -0.3 is 20.1 Å². The molecule has 0 saturated heterocycles. The monoisotopic (exact) mass is 375 g/mol. The van der Waals surface area contributed by atoms with Crippen LogP contribution in [0.4, 0.5) is 11.5 Å². The number of hydrogen-bond acceptors (Lipinski definition) is 5. The van der Waals surface area contributed by atoms with Crippen LogP contribution in [0.25, 0.3) is 0 Å². The van der Waals surface area contributed by atoms with Gasteiger partial charge in [-0.2, -0.15) is 0 Å². The first-order valence-corrected chi connectivity index (χ1v) is 9.06. The fourth-order valence-electron chi connectivity index (χ4n) is 3.12. The summed E-state index contributed by atoms with van der Waals surface area (Å²) in [5.74, 6) is 1.90. The Kier molecular flexibility index (Phi) is 4.85. The Morgan fingerprint density at radius 3 is 2.64 bits per heavy atom. The molecule has 0 fully saturated rings. The first-order valence-electron chi connectivity index (χ1n) is 9.06. The fraction of sp³-hybridized carbons (Fsp3) is 0.182. The molecular weight excluding hydrogens is 354 g/mol. The zero-order valence-electron chi connectivity index (χ0n) is 15.8. The maximum atomic E-state index is 12.6. The number of rotatable bonds is 5. The van der Waals surface area contributed by atoms with Gasteiger partial charge in [0.05, 0.1) is 0 Å². The van der Waals surface area contributed by atoms with Gasteiger partial charge in [-0.3, -0.25) is 4.79 Å². The minimum absolute atomic E-state index is 0.162. The molecule has 4 rings (SSSR count). The van der Waals surface area contributed by atoms with Gasteiger partial charge in [0.15, 0.2) is 11.5 Å². The van der Waals surface area contributed by atoms with Crippen LogP contribution >= 0.6 is 0 Å². The maximum Gasteiger partial charge on any atom is 0.251 e. The SMILES string of the molecule is Cc1cccc(C)c1Nc1cc(C(=O)NCc2ccc3c(c2)OCO3)ccn1. The lowest BCUT2D eigenvalue weighted by atomic mass is 10.1. The van der Waals surface area contributed by atoms with Crippen molar-refractivity contribution in [1.82, 2.24) is 10.3 Å². The molecule has 28 heavy (non-hydrogen) atoms. The van der Waals surface area contributed by atoms with E-state index in [4.69, 9.17) is 9.47 Å². The molecule has 2 aromatic carbocycles. The number of ether oxygens (including phenoxy) is 2. The average molecular weight is 375 g/mol. The maximum absolute atomic E-state index is 12.6. The fourth-order valence-corrected chi connectivity index (χ4v) is 3.12. The van der Waals surface area contributed by atoms with Crippen molar-refractivity contribution in [3.63, 3.8) is 0 Å². The van der Waals surface area contributed by atoms with Crippen LogP contribution in [0, 0.1) is 13.8 Å². The summed E-state index contributed by atoms with van der Waals surface area (Å²) >= 11 is 0. The second-order valence-corrected chi connectivity index (χ2v) is 6.69. The molecule has 1 amide bonds. The molecular formula is C22H21N3O3. The number of hydrogen-bond donors (Lipinski definition) is 2. The lowest BCUT2D eigenvalue weighted by molar-refractivity contribution is 0.0950. The number of carbonyl (C=O) groups is 1. The molecule has 0 unspecified atom stereocenters. The summed E-state index contributed by atoms with van der Waals surface area (Å²) in [6, 6.07) is 15.2. The van der Waals surface area contributed by atoms with E-state index in [-0.39, 0.29) is 12.7 Å². The number of aryl methyl sites for hydroxylation is 2. The van der Waals surface area contributed by atoms with E-state index in [1.165, 1.54) is 0 Å². The average Bonchev–Trinajstić information content (AvgIpc) is 3.17. The summed E-state index contributed by atoms with van der Waals surface area (Å²) in [7, 11) is 0. The lowest BCUT2D eigenvalue weighted by Crippen LogP contribution is -2.22. The van der Waals surface area contributed by atoms with Crippen LogP contribution in [0.2, 0.25) is 0 Å². The third-order valence-corrected chi connectivity index (χ3v) is 4.65. The predicted octanol–water partition coefficient (Wildman–Crippen LogP) is 4.10. The van der Waals surface area contributed by atoms with Crippen molar-refractivity contribution in [2.75, 3.05) is 12.1 Å². The first-order chi connectivity index (χ1) is 13.6. The van der Waals surface area contributed by atoms with E-state index in [9.17, 15) is 4.79 Å². The van der Waals surface area contributed by atoms with Gasteiger partial charge in [-0.05, 0) is 54.8 Å². The van der Waals surface area contributed by atoms with Crippen LogP contribution in [0.3, 0.4) is 0 Å². The molecule has 0 atom stereocenters. The van der Waals surface area contributed by atoms with Gasteiger partial charge in [0, 0.05) is 24.0 Å². The van der Waals surface area contributed by atoms with Crippen molar-refractivity contribution < 1.29 is 14.3 Å². The van der Waals surface area contributed by atoms with Crippen molar-refractivity contribution in [2.45, 2.75) is 20.4 Å². The van der Waals surface area contributed by atoms with Gasteiger partial charge >= 0.3 is 0 Å². The van der Waals surface area contributed by atoms with Gasteiger partial charge in [-0.25, -0.2) is 4.98 Å². The number of carbonyl (C=O) groups excluding carboxylic acids is 1. The van der Waals surface area contributed by atoms with E-state index in [2.05, 4.69) is 15.6 Å². The van der Waals surface area contributed by atoms with E-state index in [0.29, 0.717) is 23.7 Å². The minimum Gasteiger partial charge on any atom is -0.454 e. The van der Waals surface area contributed by atoms with Gasteiger partial charge in [0.1, 0.15) is 5.82 Å². The van der Waals surface area contributed by atoms with Gasteiger partial charge in [-0.1, -0.05) is 24.3 Å². The number of fused-ring (bicyclic) bond motifs is 1. The van der Waals surface area contributed by atoms with E-state index < -0.39 is 0 Å². The Bertz CT molecular complexity index is 1010. The molecule has 2 N–H and O–H groups in total. The number of amides is 1. The zero-order chi connectivity index (χ0) is 19.5. The molecule has 1 aliphatic rings. The Morgan fingerprint density at radius 1 is 1.04 bits per heavy atom. The molecule has 0 radical (unpaired) electrons. The number of benzene rings is 2. The highest BCUT2D eigenvalue weighted by atomic mass is 16.7. The Balaban J connectivity index is 1.44. The van der Waals surface area contributed by atoms with Gasteiger partial charge in [-0.15, -0.1) is 0 Å². The highest BCUT2D eigenvalue weighted by Gasteiger charge is 2.14. The van der Waals surface area contributed by atoms with Crippen molar-refractivity contribution in [2.24, 2.45) is 0 Å². The Morgan fingerprint density at radius 2 is 1.82 bits per heavy atom. The molecule has 1 aromatic heterocycles. The van der Waals surface area contributed by atoms with Crippen molar-refractivity contribution in [3.05, 3.63) is 77.0 Å². The van der Waals surface area contributed by atoms with Crippen molar-refractivity contribution in [1.29, 1.82) is 0 Å². The number of para-hydroxylation sites is 1. The normalized spacial score (nSPS) is 11.9. The number of nitrogens with zero attached hydrogens (tertiary/aromatic N) is 1. The van der Waals surface area contributed by atoms with Crippen LogP contribution in [0.1, 0.15) is 27.0 Å². The Hall–Kier alpha value is -3.54. The molecule has 2 heterocycles. The summed E-state index contributed by atoms with van der Waals surface area (Å²) in [5, 5.41) is 6.25. The van der Waals surface area contributed by atoms with E-state index in [0.717, 1.165) is 28.1 Å². The van der Waals surface area contributed by atoms with E-state index in [1.54, 1.807) is 18.3 Å². The number of anilines is 2. The summed E-state index contributed by atoms with van der Waals surface area (Å²) in [6.45, 7) is 4.71. The van der Waals surface area contributed by atoms with Crippen LogP contribution in [0.15, 0.2) is 54.7 Å². The summed E-state index contributed by atoms with van der Waals surface area (Å²) in [4.78, 5) is 16.9. The zero-order valence-corrected chi connectivity index (χ0v) is 15.8. The third kappa shape index (κ3) is 3.76. The molecule has 3 aromatic rings. The topological polar surface area (TPSA) is 72.5 Å². The van der Waals surface area contributed by atoms with Crippen LogP contribution in [-0.4, -0.2) is 17.7 Å². The number of nitrogens with one attached hydrogen (secondary N) is 2. The summed E-state index contributed by atoms with van der Waals surface area (Å²) in [6.07, 6.45) is 1.63. The summed E-state index contributed by atoms with van der Waals surface area (Å²) < 4.78 is 10.7. The molecule has 0 aliphatic carbocycles. The molecule has 6 heteroatoms. The van der Waals surface area contributed by atoms with Crippen molar-refractivity contribution in [3.8, 4) is 11.5 Å². The summed E-state index contributed by atoms with van der Waals surface area (Å²) in [5.41, 5.74) is 4.75. The second-order valence-electron chi connectivity index (χ2n) is 6.69.